The standard InChI is InChI=1S/C12H13NO5.C10H8N2O4.C9H9NO4.3C7H6N2O3.2C6H5NO4.2C6H5NO3S/c1-2-7-17-11-5-3-4-6-12(11)18-9-10(14)8-13(15)16;11-5-8-3-1-2-4-10(8)16-7-9(13)6-12(14)15;11-8(6-10(12)13)7-14-9-4-2-1-3-5-9;10-7(5-9(11)12)6-1-3-8-4-2-6;10-7(5-9(11)12)6-2-1-3-8-4-6;10-7(5-9(11)12)6-3-1-2-4-8-6;8-6(3-7(9)10)5-1-2-11-4-5;8-5(4-7(9)10)6-2-1-3-11-6;8-6(3-7(9)10)5-1-2-11-4-5;8-5(4-7(9)10)6-2-1-3-11-6/h2-6H,1,7-9H2;1-4H,6-7H2;1-5H,6-7H2;3*1-4H,5H2;1-2,4H,3H2;1-3H,4H2;1-2,4H,3H2;1-3H,4H2. The highest BCUT2D eigenvalue weighted by Gasteiger charge is 2.20. The fraction of sp³-hybridized carbons (Fsp3) is 0.184. The maximum atomic E-state index is 11.1. The molecule has 10 rings (SSSR count). The molecule has 50 nitrogen and oxygen atoms in total. The second kappa shape index (κ2) is 63.2. The summed E-state index contributed by atoms with van der Waals surface area (Å²) in [5, 5.41) is 113. The molecule has 670 valence electrons. The van der Waals surface area contributed by atoms with Crippen molar-refractivity contribution >= 4 is 80.5 Å². The number of carbonyl (C=O) groups excluding carboxylic acids is 10. The molecule has 0 aliphatic heterocycles. The quantitative estimate of drug-likeness (QED) is 0.0150. The molecule has 7 aromatic heterocycles. The van der Waals surface area contributed by atoms with E-state index in [-0.39, 0.29) is 47.1 Å². The van der Waals surface area contributed by atoms with E-state index in [1.54, 1.807) is 119 Å². The van der Waals surface area contributed by atoms with Gasteiger partial charge in [0.15, 0.2) is 37.1 Å². The van der Waals surface area contributed by atoms with Crippen molar-refractivity contribution in [2.24, 2.45) is 0 Å². The lowest BCUT2D eigenvalue weighted by atomic mass is 10.2. The molecule has 0 atom stereocenters. The molecule has 0 saturated heterocycles. The minimum absolute atomic E-state index is 0.0294. The Morgan fingerprint density at radius 3 is 1.30 bits per heavy atom. The van der Waals surface area contributed by atoms with Crippen LogP contribution in [0.1, 0.15) is 77.7 Å². The summed E-state index contributed by atoms with van der Waals surface area (Å²) in [5.74, 6) is -3.73. The molecule has 3 aromatic carbocycles. The number of carbonyl (C=O) groups is 10. The highest BCUT2D eigenvalue weighted by atomic mass is 32.1. The summed E-state index contributed by atoms with van der Waals surface area (Å²) in [7, 11) is 0. The van der Waals surface area contributed by atoms with E-state index in [4.69, 9.17) is 24.2 Å². The van der Waals surface area contributed by atoms with Gasteiger partial charge in [-0.05, 0) is 114 Å². The molecule has 0 aliphatic carbocycles. The second-order valence-electron chi connectivity index (χ2n) is 23.0. The molecular weight excluding hydrogens is 1750 g/mol. The van der Waals surface area contributed by atoms with Crippen LogP contribution < -0.4 is 18.9 Å². The van der Waals surface area contributed by atoms with Crippen molar-refractivity contribution in [3.63, 3.8) is 0 Å². The van der Waals surface area contributed by atoms with Crippen molar-refractivity contribution in [1.29, 1.82) is 5.26 Å². The number of nitro groups is 10. The van der Waals surface area contributed by atoms with Crippen LogP contribution in [0, 0.1) is 112 Å². The summed E-state index contributed by atoms with van der Waals surface area (Å²) in [6.07, 6.45) is 12.4. The molecule has 0 amide bonds. The van der Waals surface area contributed by atoms with Gasteiger partial charge in [-0.3, -0.25) is 164 Å². The van der Waals surface area contributed by atoms with Crippen molar-refractivity contribution in [1.82, 2.24) is 15.0 Å². The summed E-state index contributed by atoms with van der Waals surface area (Å²) in [5.41, 5.74) is 1.68. The number of thiophene rings is 2. The zero-order valence-electron chi connectivity index (χ0n) is 65.8. The molecule has 0 fully saturated rings. The summed E-state index contributed by atoms with van der Waals surface area (Å²) < 4.78 is 29.7. The molecule has 0 unspecified atom stereocenters. The van der Waals surface area contributed by atoms with Gasteiger partial charge < -0.3 is 27.8 Å². The van der Waals surface area contributed by atoms with Gasteiger partial charge in [-0.15, -0.1) is 11.3 Å². The normalized spacial score (nSPS) is 9.40. The van der Waals surface area contributed by atoms with Gasteiger partial charge in [-0.2, -0.15) is 16.6 Å². The molecule has 128 heavy (non-hydrogen) atoms. The van der Waals surface area contributed by atoms with Gasteiger partial charge in [0.1, 0.15) is 36.1 Å². The Morgan fingerprint density at radius 1 is 0.391 bits per heavy atom. The first kappa shape index (κ1) is 108. The van der Waals surface area contributed by atoms with E-state index in [0.29, 0.717) is 39.9 Å². The fourth-order valence-corrected chi connectivity index (χ4v) is 9.14. The topological polar surface area (TPSA) is 728 Å². The summed E-state index contributed by atoms with van der Waals surface area (Å²) in [6.45, 7) is -4.04. The van der Waals surface area contributed by atoms with Crippen molar-refractivity contribution < 1.29 is 125 Å². The van der Waals surface area contributed by atoms with Crippen LogP contribution in [0.4, 0.5) is 0 Å². The van der Waals surface area contributed by atoms with Crippen molar-refractivity contribution in [3.05, 3.63) is 382 Å². The number of nitriles is 1. The molecule has 0 N–H and O–H groups in total. The maximum absolute atomic E-state index is 11.1. The SMILES string of the molecule is C=CCOc1ccccc1OCC(=O)C[N+](=O)[O-].N#Cc1ccccc1OCC(=O)C[N+](=O)[O-].O=C(COc1ccccc1)C[N+](=O)[O-].O=C(C[N+](=O)[O-])c1ccccn1.O=C(C[N+](=O)[O-])c1cccnc1.O=C(C[N+](=O)[O-])c1ccco1.O=C(C[N+](=O)[O-])c1cccs1.O=C(C[N+](=O)[O-])c1ccncc1.O=C(C[N+](=O)[O-])c1ccoc1.O=C(C[N+](=O)[O-])c1ccsc1. The van der Waals surface area contributed by atoms with Crippen LogP contribution in [0.25, 0.3) is 0 Å². The van der Waals surface area contributed by atoms with Crippen molar-refractivity contribution in [2.45, 2.75) is 0 Å². The predicted molar refractivity (Wildman–Crippen MR) is 439 cm³/mol. The van der Waals surface area contributed by atoms with Crippen molar-refractivity contribution in [2.75, 3.05) is 91.9 Å². The van der Waals surface area contributed by atoms with Gasteiger partial charge in [-0.1, -0.05) is 67.3 Å². The summed E-state index contributed by atoms with van der Waals surface area (Å²) in [6, 6.07) is 43.5. The lowest BCUT2D eigenvalue weighted by molar-refractivity contribution is -0.467. The Morgan fingerprint density at radius 2 is 0.852 bits per heavy atom. The molecule has 52 heteroatoms. The molecule has 10 aromatic rings. The summed E-state index contributed by atoms with van der Waals surface area (Å²) in [4.78, 5) is 213. The second-order valence-corrected chi connectivity index (χ2v) is 24.7. The van der Waals surface area contributed by atoms with E-state index in [9.17, 15) is 149 Å². The van der Waals surface area contributed by atoms with E-state index >= 15 is 0 Å². The zero-order chi connectivity index (χ0) is 95.7. The number of hydrogen-bond acceptors (Lipinski definition) is 42. The van der Waals surface area contributed by atoms with E-state index in [2.05, 4.69) is 30.4 Å². The van der Waals surface area contributed by atoms with Crippen LogP contribution in [0.3, 0.4) is 0 Å². The van der Waals surface area contributed by atoms with Crippen molar-refractivity contribution in [3.8, 4) is 29.1 Å². The lowest BCUT2D eigenvalue weighted by Crippen LogP contribution is -2.20. The smallest absolute Gasteiger partial charge is 0.269 e. The minimum atomic E-state index is -0.769. The van der Waals surface area contributed by atoms with E-state index in [1.807, 2.05) is 12.1 Å². The number of furan rings is 2. The van der Waals surface area contributed by atoms with Crippen LogP contribution in [0.15, 0.2) is 245 Å². The van der Waals surface area contributed by atoms with E-state index < -0.39 is 179 Å². The number of rotatable bonds is 39. The zero-order valence-corrected chi connectivity index (χ0v) is 67.5. The van der Waals surface area contributed by atoms with Gasteiger partial charge in [0.05, 0.1) is 28.5 Å². The number of Topliss-reactive ketones (excluding diaryl/α,β-unsaturated/α-hetero) is 10. The molecule has 0 aliphatic rings. The Bertz CT molecular complexity index is 4980. The molecular formula is C76H68N14O36S2. The first-order chi connectivity index (χ1) is 60.8. The number of hydrogen-bond donors (Lipinski definition) is 0. The number of para-hydroxylation sites is 4. The molecule has 0 spiro atoms. The van der Waals surface area contributed by atoms with Crippen LogP contribution in [0.2, 0.25) is 0 Å². The molecule has 0 radical (unpaired) electrons. The minimum Gasteiger partial charge on any atom is -0.486 e. The first-order valence-electron chi connectivity index (χ1n) is 34.9. The molecule has 0 bridgehead atoms. The highest BCUT2D eigenvalue weighted by Crippen LogP contribution is 2.26. The van der Waals surface area contributed by atoms with Crippen LogP contribution in [-0.2, 0) is 14.4 Å². The Labute approximate surface area is 725 Å². The van der Waals surface area contributed by atoms with Gasteiger partial charge in [0.2, 0.25) is 46.3 Å². The Balaban J connectivity index is 0.000000714. The van der Waals surface area contributed by atoms with Crippen LogP contribution >= 0.6 is 22.7 Å². The monoisotopic (exact) mass is 1820 g/mol. The van der Waals surface area contributed by atoms with Crippen LogP contribution in [0.5, 0.6) is 23.0 Å². The third-order valence-electron chi connectivity index (χ3n) is 13.2. The number of aromatic nitrogens is 3. The number of ketones is 10. The molecule has 0 saturated carbocycles. The first-order valence-corrected chi connectivity index (χ1v) is 36.7. The lowest BCUT2D eigenvalue weighted by Gasteiger charge is -2.10. The Hall–Kier alpha value is -17.8. The fourth-order valence-electron chi connectivity index (χ4n) is 7.82. The number of ether oxygens (including phenoxy) is 4. The predicted octanol–water partition coefficient (Wildman–Crippen LogP) is 8.69. The van der Waals surface area contributed by atoms with Crippen LogP contribution in [-0.4, -0.2) is 214 Å². The number of pyridine rings is 3. The molecule has 7 heterocycles. The van der Waals surface area contributed by atoms with Gasteiger partial charge in [-0.25, -0.2) is 0 Å². The highest BCUT2D eigenvalue weighted by molar-refractivity contribution is 7.12. The number of nitrogens with zero attached hydrogens (tertiary/aromatic N) is 14. The van der Waals surface area contributed by atoms with Gasteiger partial charge in [0, 0.05) is 102 Å². The largest absolute Gasteiger partial charge is 0.486 e. The maximum Gasteiger partial charge on any atom is 0.269 e. The number of benzene rings is 3. The third kappa shape index (κ3) is 53.0. The third-order valence-corrected chi connectivity index (χ3v) is 14.8. The average Bonchev–Trinajstić information content (AvgIpc) is 1.83. The van der Waals surface area contributed by atoms with E-state index in [1.165, 1.54) is 127 Å². The van der Waals surface area contributed by atoms with E-state index in [0.717, 1.165) is 0 Å². The van der Waals surface area contributed by atoms with Gasteiger partial charge >= 0.3 is 0 Å². The summed E-state index contributed by atoms with van der Waals surface area (Å²) >= 11 is 2.57. The Kier molecular flexibility index (Phi) is 53.4. The van der Waals surface area contributed by atoms with Gasteiger partial charge in [0.25, 0.3) is 77.0 Å². The average molecular weight is 1820 g/mol.